The molecule has 2 rings (SSSR count). The Labute approximate surface area is 93.6 Å². The number of benzene rings is 1. The van der Waals surface area contributed by atoms with Crippen LogP contribution in [0, 0.1) is 5.82 Å². The van der Waals surface area contributed by atoms with E-state index in [4.69, 9.17) is 4.74 Å². The monoisotopic (exact) mass is 223 g/mol. The average molecular weight is 223 g/mol. The molecule has 0 saturated carbocycles. The third kappa shape index (κ3) is 2.58. The fourth-order valence-corrected chi connectivity index (χ4v) is 1.75. The molecule has 1 saturated heterocycles. The van der Waals surface area contributed by atoms with Crippen LogP contribution >= 0.6 is 0 Å². The van der Waals surface area contributed by atoms with Crippen molar-refractivity contribution < 1.29 is 13.9 Å². The summed E-state index contributed by atoms with van der Waals surface area (Å²) in [6.07, 6.45) is 1.79. The van der Waals surface area contributed by atoms with E-state index in [0.29, 0.717) is 5.56 Å². The molecule has 0 aliphatic carbocycles. The van der Waals surface area contributed by atoms with Crippen LogP contribution in [0.5, 0.6) is 0 Å². The predicted octanol–water partition coefficient (Wildman–Crippen LogP) is 1.62. The fourth-order valence-electron chi connectivity index (χ4n) is 1.75. The molecule has 16 heavy (non-hydrogen) atoms. The van der Waals surface area contributed by atoms with Gasteiger partial charge in [0.15, 0.2) is 0 Å². The van der Waals surface area contributed by atoms with Gasteiger partial charge in [0, 0.05) is 5.56 Å². The highest BCUT2D eigenvalue weighted by atomic mass is 19.1. The summed E-state index contributed by atoms with van der Waals surface area (Å²) in [6, 6.07) is 6.09. The Morgan fingerprint density at radius 1 is 1.50 bits per heavy atom. The molecule has 1 aliphatic rings. The number of ether oxygens (including phenoxy) is 1. The molecular weight excluding hydrogens is 209 g/mol. The molecule has 86 valence electrons. The number of esters is 1. The summed E-state index contributed by atoms with van der Waals surface area (Å²) >= 11 is 0. The van der Waals surface area contributed by atoms with Gasteiger partial charge in [-0.3, -0.25) is 4.79 Å². The quantitative estimate of drug-likeness (QED) is 0.791. The second-order valence-corrected chi connectivity index (χ2v) is 3.85. The molecule has 3 nitrogen and oxygen atoms in total. The van der Waals surface area contributed by atoms with Gasteiger partial charge in [-0.05, 0) is 25.5 Å². The van der Waals surface area contributed by atoms with E-state index in [1.807, 2.05) is 0 Å². The van der Waals surface area contributed by atoms with Gasteiger partial charge in [0.05, 0.1) is 0 Å². The average Bonchev–Trinajstić information content (AvgIpc) is 2.81. The molecule has 0 spiro atoms. The number of carbonyl (C=O) groups excluding carboxylic acids is 1. The molecule has 0 aromatic heterocycles. The number of nitrogens with one attached hydrogen (secondary N) is 1. The second-order valence-electron chi connectivity index (χ2n) is 3.85. The molecule has 1 aromatic rings. The minimum absolute atomic E-state index is 0.00366. The van der Waals surface area contributed by atoms with E-state index in [1.165, 1.54) is 6.07 Å². The maximum absolute atomic E-state index is 13.2. The van der Waals surface area contributed by atoms with Gasteiger partial charge in [-0.1, -0.05) is 18.2 Å². The van der Waals surface area contributed by atoms with Gasteiger partial charge in [-0.2, -0.15) is 0 Å². The molecule has 1 aromatic carbocycles. The molecule has 0 radical (unpaired) electrons. The first-order valence-electron chi connectivity index (χ1n) is 5.41. The Morgan fingerprint density at radius 3 is 3.00 bits per heavy atom. The lowest BCUT2D eigenvalue weighted by Gasteiger charge is -2.10. The summed E-state index contributed by atoms with van der Waals surface area (Å²) in [5.41, 5.74) is 0.411. The number of halogens is 1. The number of carbonyl (C=O) groups is 1. The van der Waals surface area contributed by atoms with E-state index in [9.17, 15) is 9.18 Å². The molecular formula is C12H14FNO2. The zero-order chi connectivity index (χ0) is 11.4. The zero-order valence-corrected chi connectivity index (χ0v) is 8.91. The van der Waals surface area contributed by atoms with Crippen molar-refractivity contribution in [3.8, 4) is 0 Å². The minimum Gasteiger partial charge on any atom is -0.460 e. The Morgan fingerprint density at radius 2 is 2.31 bits per heavy atom. The third-order valence-corrected chi connectivity index (χ3v) is 2.67. The molecule has 1 N–H and O–H groups in total. The molecule has 1 atom stereocenters. The number of rotatable bonds is 3. The van der Waals surface area contributed by atoms with Gasteiger partial charge in [0.2, 0.25) is 0 Å². The first kappa shape index (κ1) is 11.1. The molecule has 1 heterocycles. The maximum Gasteiger partial charge on any atom is 0.323 e. The van der Waals surface area contributed by atoms with Crippen LogP contribution in [0.3, 0.4) is 0 Å². The summed E-state index contributed by atoms with van der Waals surface area (Å²) in [5, 5.41) is 3.04. The van der Waals surface area contributed by atoms with E-state index in [0.717, 1.165) is 19.4 Å². The highest BCUT2D eigenvalue weighted by Gasteiger charge is 2.23. The van der Waals surface area contributed by atoms with E-state index < -0.39 is 0 Å². The lowest BCUT2D eigenvalue weighted by molar-refractivity contribution is -0.147. The third-order valence-electron chi connectivity index (χ3n) is 2.67. The molecule has 0 bridgehead atoms. The SMILES string of the molecule is O=C(OCc1ccccc1F)[C@H]1CCCN1. The summed E-state index contributed by atoms with van der Waals surface area (Å²) in [4.78, 5) is 11.5. The topological polar surface area (TPSA) is 38.3 Å². The van der Waals surface area contributed by atoms with Crippen LogP contribution in [0.2, 0.25) is 0 Å². The van der Waals surface area contributed by atoms with E-state index in [-0.39, 0.29) is 24.4 Å². The second kappa shape index (κ2) is 5.07. The molecule has 0 unspecified atom stereocenters. The summed E-state index contributed by atoms with van der Waals surface area (Å²) in [6.45, 7) is 0.850. The first-order valence-corrected chi connectivity index (χ1v) is 5.41. The highest BCUT2D eigenvalue weighted by Crippen LogP contribution is 2.11. The summed E-state index contributed by atoms with van der Waals surface area (Å²) in [5.74, 6) is -0.629. The molecule has 1 fully saturated rings. The Hall–Kier alpha value is -1.42. The smallest absolute Gasteiger partial charge is 0.323 e. The van der Waals surface area contributed by atoms with E-state index >= 15 is 0 Å². The summed E-state index contributed by atoms with van der Waals surface area (Å²) in [7, 11) is 0. The maximum atomic E-state index is 13.2. The van der Waals surface area contributed by atoms with Crippen LogP contribution < -0.4 is 5.32 Å². The lowest BCUT2D eigenvalue weighted by Crippen LogP contribution is -2.32. The molecule has 4 heteroatoms. The Balaban J connectivity index is 1.87. The number of hydrogen-bond donors (Lipinski definition) is 1. The Bertz CT molecular complexity index is 375. The Kier molecular flexibility index (Phi) is 3.51. The largest absolute Gasteiger partial charge is 0.460 e. The number of hydrogen-bond acceptors (Lipinski definition) is 3. The molecule has 1 aliphatic heterocycles. The van der Waals surface area contributed by atoms with Crippen LogP contribution in [0.4, 0.5) is 4.39 Å². The molecule has 0 amide bonds. The first-order chi connectivity index (χ1) is 7.77. The van der Waals surface area contributed by atoms with Crippen molar-refractivity contribution in [3.05, 3.63) is 35.6 Å². The van der Waals surface area contributed by atoms with Crippen molar-refractivity contribution in [1.82, 2.24) is 5.32 Å². The van der Waals surface area contributed by atoms with Crippen molar-refractivity contribution in [1.29, 1.82) is 0 Å². The van der Waals surface area contributed by atoms with Crippen LogP contribution in [-0.2, 0) is 16.1 Å². The van der Waals surface area contributed by atoms with Crippen molar-refractivity contribution in [3.63, 3.8) is 0 Å². The van der Waals surface area contributed by atoms with Gasteiger partial charge in [0.1, 0.15) is 18.5 Å². The van der Waals surface area contributed by atoms with Crippen molar-refractivity contribution in [2.45, 2.75) is 25.5 Å². The van der Waals surface area contributed by atoms with Crippen LogP contribution in [0.15, 0.2) is 24.3 Å². The van der Waals surface area contributed by atoms with E-state index in [1.54, 1.807) is 18.2 Å². The fraction of sp³-hybridized carbons (Fsp3) is 0.417. The van der Waals surface area contributed by atoms with Gasteiger partial charge >= 0.3 is 5.97 Å². The van der Waals surface area contributed by atoms with Crippen molar-refractivity contribution >= 4 is 5.97 Å². The van der Waals surface area contributed by atoms with Crippen LogP contribution in [0.1, 0.15) is 18.4 Å². The van der Waals surface area contributed by atoms with Gasteiger partial charge < -0.3 is 10.1 Å². The van der Waals surface area contributed by atoms with Crippen LogP contribution in [0.25, 0.3) is 0 Å². The lowest BCUT2D eigenvalue weighted by atomic mass is 10.2. The van der Waals surface area contributed by atoms with Crippen molar-refractivity contribution in [2.75, 3.05) is 6.54 Å². The van der Waals surface area contributed by atoms with Gasteiger partial charge in [-0.25, -0.2) is 4.39 Å². The van der Waals surface area contributed by atoms with Crippen molar-refractivity contribution in [2.24, 2.45) is 0 Å². The minimum atomic E-state index is -0.338. The van der Waals surface area contributed by atoms with Gasteiger partial charge in [-0.15, -0.1) is 0 Å². The zero-order valence-electron chi connectivity index (χ0n) is 8.91. The van der Waals surface area contributed by atoms with Gasteiger partial charge in [0.25, 0.3) is 0 Å². The van der Waals surface area contributed by atoms with Crippen LogP contribution in [-0.4, -0.2) is 18.6 Å². The summed E-state index contributed by atoms with van der Waals surface area (Å²) < 4.78 is 18.3. The highest BCUT2D eigenvalue weighted by molar-refractivity contribution is 5.76. The van der Waals surface area contributed by atoms with E-state index in [2.05, 4.69) is 5.32 Å². The predicted molar refractivity (Wildman–Crippen MR) is 57.2 cm³/mol. The normalized spacial score (nSPS) is 19.7. The standard InChI is InChI=1S/C12H14FNO2/c13-10-5-2-1-4-9(10)8-16-12(15)11-6-3-7-14-11/h1-2,4-5,11,14H,3,6-8H2/t11-/m1/s1.